The molecule has 2 rings (SSSR count). The summed E-state index contributed by atoms with van der Waals surface area (Å²) in [4.78, 5) is 22.9. The smallest absolute Gasteiger partial charge is 0.306 e. The number of hydrogen-bond donors (Lipinski definition) is 0. The highest BCUT2D eigenvalue weighted by atomic mass is 32.2. The van der Waals surface area contributed by atoms with Crippen molar-refractivity contribution < 1.29 is 27.2 Å². The maximum atomic E-state index is 12.0. The van der Waals surface area contributed by atoms with Crippen LogP contribution in [0.1, 0.15) is 17.0 Å². The molecule has 0 unspecified atom stereocenters. The molecular formula is C14H14O6S. The molecule has 0 fully saturated rings. The van der Waals surface area contributed by atoms with Crippen molar-refractivity contribution >= 4 is 32.6 Å². The van der Waals surface area contributed by atoms with E-state index in [4.69, 9.17) is 4.42 Å². The third-order valence-corrected chi connectivity index (χ3v) is 4.42. The molecule has 1 heterocycles. The van der Waals surface area contributed by atoms with Crippen molar-refractivity contribution in [1.82, 2.24) is 0 Å². The number of benzene rings is 1. The van der Waals surface area contributed by atoms with Crippen LogP contribution in [-0.4, -0.2) is 38.8 Å². The summed E-state index contributed by atoms with van der Waals surface area (Å²) < 4.78 is 33.2. The third-order valence-electron chi connectivity index (χ3n) is 2.90. The fourth-order valence-corrected chi connectivity index (χ4v) is 2.97. The average molecular weight is 310 g/mol. The quantitative estimate of drug-likeness (QED) is 0.594. The van der Waals surface area contributed by atoms with Crippen LogP contribution in [0.25, 0.3) is 11.0 Å². The second kappa shape index (κ2) is 6.09. The largest absolute Gasteiger partial charge is 0.469 e. The van der Waals surface area contributed by atoms with E-state index in [0.717, 1.165) is 5.39 Å². The number of Topliss-reactive ketones (excluding diaryl/α,β-unsaturated/α-hetero) is 1. The summed E-state index contributed by atoms with van der Waals surface area (Å²) in [6.45, 7) is 0. The van der Waals surface area contributed by atoms with Crippen molar-refractivity contribution in [3.63, 3.8) is 0 Å². The Morgan fingerprint density at radius 1 is 1.24 bits per heavy atom. The topological polar surface area (TPSA) is 90.7 Å². The molecule has 0 aliphatic carbocycles. The first-order valence-corrected chi connectivity index (χ1v) is 8.02. The summed E-state index contributed by atoms with van der Waals surface area (Å²) >= 11 is 0. The number of para-hydroxylation sites is 1. The lowest BCUT2D eigenvalue weighted by molar-refractivity contribution is -0.140. The lowest BCUT2D eigenvalue weighted by Gasteiger charge is -2.01. The molecule has 0 saturated heterocycles. The van der Waals surface area contributed by atoms with Crippen molar-refractivity contribution in [2.24, 2.45) is 0 Å². The summed E-state index contributed by atoms with van der Waals surface area (Å²) in [5.74, 6) is -2.38. The van der Waals surface area contributed by atoms with Gasteiger partial charge in [0.25, 0.3) is 0 Å². The highest BCUT2D eigenvalue weighted by Crippen LogP contribution is 2.19. The molecule has 0 atom stereocenters. The molecule has 1 aromatic heterocycles. The predicted molar refractivity (Wildman–Crippen MR) is 75.8 cm³/mol. The first kappa shape index (κ1) is 15.2. The van der Waals surface area contributed by atoms with Gasteiger partial charge in [0.1, 0.15) is 11.3 Å². The maximum Gasteiger partial charge on any atom is 0.306 e. The van der Waals surface area contributed by atoms with Gasteiger partial charge >= 0.3 is 5.97 Å². The predicted octanol–water partition coefficient (Wildman–Crippen LogP) is 1.59. The number of sulfone groups is 1. The Kier molecular flexibility index (Phi) is 4.42. The van der Waals surface area contributed by atoms with Crippen LogP contribution in [0.15, 0.2) is 34.7 Å². The maximum absolute atomic E-state index is 12.0. The average Bonchev–Trinajstić information content (AvgIpc) is 2.88. The first-order valence-electron chi connectivity index (χ1n) is 6.20. The summed E-state index contributed by atoms with van der Waals surface area (Å²) in [7, 11) is -2.51. The summed E-state index contributed by atoms with van der Waals surface area (Å²) in [5, 5.41) is 0.729. The van der Waals surface area contributed by atoms with Crippen LogP contribution in [-0.2, 0) is 19.4 Å². The van der Waals surface area contributed by atoms with E-state index in [1.807, 2.05) is 0 Å². The Balaban J connectivity index is 2.08. The van der Waals surface area contributed by atoms with Gasteiger partial charge in [-0.3, -0.25) is 9.59 Å². The molecule has 0 radical (unpaired) electrons. The molecule has 0 N–H and O–H groups in total. The molecule has 21 heavy (non-hydrogen) atoms. The number of carbonyl (C=O) groups is 2. The van der Waals surface area contributed by atoms with Crippen LogP contribution in [0.5, 0.6) is 0 Å². The van der Waals surface area contributed by atoms with E-state index in [0.29, 0.717) is 5.58 Å². The van der Waals surface area contributed by atoms with Gasteiger partial charge < -0.3 is 9.15 Å². The molecule has 0 amide bonds. The molecule has 1 aromatic carbocycles. The number of hydrogen-bond acceptors (Lipinski definition) is 6. The zero-order valence-electron chi connectivity index (χ0n) is 11.4. The fraction of sp³-hybridized carbons (Fsp3) is 0.286. The highest BCUT2D eigenvalue weighted by Gasteiger charge is 2.22. The summed E-state index contributed by atoms with van der Waals surface area (Å²) in [5.41, 5.74) is 0.521. The standard InChI is InChI=1S/C14H14O6S/c1-19-14(16)6-7-21(17,18)9-11(15)13-8-10-4-2-3-5-12(10)20-13/h2-5,8H,6-7,9H2,1H3. The number of furan rings is 1. The summed E-state index contributed by atoms with van der Waals surface area (Å²) in [6.07, 6.45) is -0.272. The first-order chi connectivity index (χ1) is 9.91. The minimum absolute atomic E-state index is 0.00200. The number of ketones is 1. The Labute approximate surface area is 121 Å². The van der Waals surface area contributed by atoms with Crippen LogP contribution in [0.3, 0.4) is 0 Å². The van der Waals surface area contributed by atoms with Gasteiger partial charge in [0.15, 0.2) is 15.6 Å². The van der Waals surface area contributed by atoms with Gasteiger partial charge in [-0.25, -0.2) is 8.42 Å². The molecule has 0 aliphatic heterocycles. The van der Waals surface area contributed by atoms with Crippen LogP contribution in [0, 0.1) is 0 Å². The van der Waals surface area contributed by atoms with Crippen LogP contribution >= 0.6 is 0 Å². The molecule has 0 aliphatic rings. The van der Waals surface area contributed by atoms with E-state index in [1.165, 1.54) is 13.2 Å². The number of methoxy groups -OCH3 is 1. The normalized spacial score (nSPS) is 11.5. The number of ether oxygens (including phenoxy) is 1. The van der Waals surface area contributed by atoms with E-state index < -0.39 is 33.1 Å². The van der Waals surface area contributed by atoms with Crippen molar-refractivity contribution in [3.8, 4) is 0 Å². The van der Waals surface area contributed by atoms with Crippen molar-refractivity contribution in [2.45, 2.75) is 6.42 Å². The van der Waals surface area contributed by atoms with E-state index in [9.17, 15) is 18.0 Å². The van der Waals surface area contributed by atoms with E-state index >= 15 is 0 Å². The number of carbonyl (C=O) groups excluding carboxylic acids is 2. The number of esters is 1. The van der Waals surface area contributed by atoms with Gasteiger partial charge in [-0.05, 0) is 12.1 Å². The van der Waals surface area contributed by atoms with Gasteiger partial charge in [-0.1, -0.05) is 18.2 Å². The molecule has 0 saturated carbocycles. The van der Waals surface area contributed by atoms with Crippen LogP contribution in [0.4, 0.5) is 0 Å². The molecule has 6 nitrogen and oxygen atoms in total. The van der Waals surface area contributed by atoms with Crippen molar-refractivity contribution in [3.05, 3.63) is 36.1 Å². The lowest BCUT2D eigenvalue weighted by Crippen LogP contribution is -2.20. The fourth-order valence-electron chi connectivity index (χ4n) is 1.80. The zero-order chi connectivity index (χ0) is 15.5. The van der Waals surface area contributed by atoms with Gasteiger partial charge in [0.05, 0.1) is 19.3 Å². The Hall–Kier alpha value is -2.15. The Bertz CT molecular complexity index is 739. The van der Waals surface area contributed by atoms with E-state index in [2.05, 4.69) is 4.74 Å². The minimum atomic E-state index is -3.68. The number of fused-ring (bicyclic) bond motifs is 1. The van der Waals surface area contributed by atoms with E-state index in [1.54, 1.807) is 24.3 Å². The molecule has 112 valence electrons. The van der Waals surface area contributed by atoms with Crippen molar-refractivity contribution in [1.29, 1.82) is 0 Å². The Morgan fingerprint density at radius 3 is 2.62 bits per heavy atom. The third kappa shape index (κ3) is 3.91. The molecule has 2 aromatic rings. The van der Waals surface area contributed by atoms with Gasteiger partial charge in [0, 0.05) is 5.39 Å². The molecule has 7 heteroatoms. The highest BCUT2D eigenvalue weighted by molar-refractivity contribution is 7.92. The Morgan fingerprint density at radius 2 is 1.95 bits per heavy atom. The van der Waals surface area contributed by atoms with Crippen LogP contribution in [0.2, 0.25) is 0 Å². The van der Waals surface area contributed by atoms with Crippen LogP contribution < -0.4 is 0 Å². The zero-order valence-corrected chi connectivity index (χ0v) is 12.2. The second-order valence-electron chi connectivity index (χ2n) is 4.49. The lowest BCUT2D eigenvalue weighted by atomic mass is 10.2. The van der Waals surface area contributed by atoms with Crippen molar-refractivity contribution in [2.75, 3.05) is 18.6 Å². The van der Waals surface area contributed by atoms with Gasteiger partial charge in [-0.2, -0.15) is 0 Å². The van der Waals surface area contributed by atoms with Gasteiger partial charge in [-0.15, -0.1) is 0 Å². The summed E-state index contributed by atoms with van der Waals surface area (Å²) in [6, 6.07) is 8.51. The second-order valence-corrected chi connectivity index (χ2v) is 6.67. The molecule has 0 bridgehead atoms. The SMILES string of the molecule is COC(=O)CCS(=O)(=O)CC(=O)c1cc2ccccc2o1. The molecule has 0 spiro atoms. The van der Waals surface area contributed by atoms with Gasteiger partial charge in [0.2, 0.25) is 5.78 Å². The minimum Gasteiger partial charge on any atom is -0.469 e. The molecular weight excluding hydrogens is 296 g/mol. The monoisotopic (exact) mass is 310 g/mol. The van der Waals surface area contributed by atoms with E-state index in [-0.39, 0.29) is 12.2 Å². The number of rotatable bonds is 6.